The first-order valence-electron chi connectivity index (χ1n) is 5.17. The minimum atomic E-state index is 0.322. The van der Waals surface area contributed by atoms with Crippen molar-refractivity contribution in [2.24, 2.45) is 0 Å². The monoisotopic (exact) mass is 231 g/mol. The molecule has 0 saturated heterocycles. The van der Waals surface area contributed by atoms with E-state index in [4.69, 9.17) is 14.3 Å². The number of benzene rings is 1. The standard InChI is InChI=1S/C12H11NO2.CH2O/c1-8-4-10(13-6-8)9-2-3-11-12(5-9)15-7-14-11;1-2/h2-6,13H,7H2,1H3;1H2. The fraction of sp³-hybridized carbons (Fsp3) is 0.154. The van der Waals surface area contributed by atoms with Gasteiger partial charge in [0.05, 0.1) is 0 Å². The summed E-state index contributed by atoms with van der Waals surface area (Å²) in [6.45, 7) is 4.38. The molecule has 0 aliphatic carbocycles. The van der Waals surface area contributed by atoms with Crippen molar-refractivity contribution in [2.45, 2.75) is 6.92 Å². The van der Waals surface area contributed by atoms with Gasteiger partial charge in [0.2, 0.25) is 6.79 Å². The number of hydrogen-bond donors (Lipinski definition) is 1. The predicted molar refractivity (Wildman–Crippen MR) is 64.2 cm³/mol. The molecule has 2 heterocycles. The lowest BCUT2D eigenvalue weighted by Crippen LogP contribution is -1.92. The Hall–Kier alpha value is -2.23. The van der Waals surface area contributed by atoms with Gasteiger partial charge in [0.25, 0.3) is 0 Å². The molecule has 0 spiro atoms. The summed E-state index contributed by atoms with van der Waals surface area (Å²) in [6.07, 6.45) is 1.99. The first kappa shape index (κ1) is 11.3. The van der Waals surface area contributed by atoms with Crippen LogP contribution in [-0.4, -0.2) is 18.6 Å². The number of aryl methyl sites for hydroxylation is 1. The molecule has 3 rings (SSSR count). The summed E-state index contributed by atoms with van der Waals surface area (Å²) in [5.74, 6) is 1.64. The second kappa shape index (κ2) is 4.74. The second-order valence-corrected chi connectivity index (χ2v) is 3.66. The topological polar surface area (TPSA) is 51.3 Å². The molecule has 2 aromatic rings. The highest BCUT2D eigenvalue weighted by molar-refractivity contribution is 5.65. The molecule has 0 fully saturated rings. The Balaban J connectivity index is 0.000000514. The summed E-state index contributed by atoms with van der Waals surface area (Å²) in [5.41, 5.74) is 3.45. The highest BCUT2D eigenvalue weighted by Gasteiger charge is 2.13. The fourth-order valence-electron chi connectivity index (χ4n) is 1.73. The molecule has 0 radical (unpaired) electrons. The number of aromatic nitrogens is 1. The summed E-state index contributed by atoms with van der Waals surface area (Å²) in [7, 11) is 0. The highest BCUT2D eigenvalue weighted by atomic mass is 16.7. The molecule has 1 aliphatic rings. The minimum absolute atomic E-state index is 0.322. The highest BCUT2D eigenvalue weighted by Crippen LogP contribution is 2.35. The Morgan fingerprint density at radius 1 is 1.18 bits per heavy atom. The molecule has 0 amide bonds. The number of fused-ring (bicyclic) bond motifs is 1. The molecule has 1 N–H and O–H groups in total. The van der Waals surface area contributed by atoms with Crippen LogP contribution >= 0.6 is 0 Å². The van der Waals surface area contributed by atoms with E-state index >= 15 is 0 Å². The molecule has 0 unspecified atom stereocenters. The van der Waals surface area contributed by atoms with Crippen molar-refractivity contribution in [3.63, 3.8) is 0 Å². The lowest BCUT2D eigenvalue weighted by Gasteiger charge is -2.00. The minimum Gasteiger partial charge on any atom is -0.454 e. The number of nitrogens with one attached hydrogen (secondary N) is 1. The van der Waals surface area contributed by atoms with Crippen molar-refractivity contribution in [3.05, 3.63) is 36.0 Å². The van der Waals surface area contributed by atoms with Crippen molar-refractivity contribution in [1.29, 1.82) is 0 Å². The summed E-state index contributed by atoms with van der Waals surface area (Å²) in [5, 5.41) is 0. The van der Waals surface area contributed by atoms with Gasteiger partial charge >= 0.3 is 0 Å². The molecule has 1 aliphatic heterocycles. The van der Waals surface area contributed by atoms with E-state index in [-0.39, 0.29) is 0 Å². The van der Waals surface area contributed by atoms with Gasteiger partial charge in [-0.2, -0.15) is 0 Å². The summed E-state index contributed by atoms with van der Waals surface area (Å²) in [6, 6.07) is 8.07. The van der Waals surface area contributed by atoms with Crippen LogP contribution in [0.15, 0.2) is 30.5 Å². The number of carbonyl (C=O) groups is 1. The van der Waals surface area contributed by atoms with Crippen molar-refractivity contribution in [2.75, 3.05) is 6.79 Å². The first-order valence-corrected chi connectivity index (χ1v) is 5.17. The number of carbonyl (C=O) groups excluding carboxylic acids is 1. The predicted octanol–water partition coefficient (Wildman–Crippen LogP) is 2.53. The van der Waals surface area contributed by atoms with Crippen LogP contribution in [0.4, 0.5) is 0 Å². The summed E-state index contributed by atoms with van der Waals surface area (Å²) >= 11 is 0. The number of ether oxygens (including phenoxy) is 2. The van der Waals surface area contributed by atoms with Gasteiger partial charge in [0.1, 0.15) is 6.79 Å². The third-order valence-corrected chi connectivity index (χ3v) is 2.51. The summed E-state index contributed by atoms with van der Waals surface area (Å²) in [4.78, 5) is 11.2. The van der Waals surface area contributed by atoms with Crippen LogP contribution in [-0.2, 0) is 4.79 Å². The van der Waals surface area contributed by atoms with Crippen LogP contribution in [0.1, 0.15) is 5.56 Å². The number of hydrogen-bond acceptors (Lipinski definition) is 3. The van der Waals surface area contributed by atoms with Crippen LogP contribution in [0.25, 0.3) is 11.3 Å². The third kappa shape index (κ3) is 2.15. The first-order chi connectivity index (χ1) is 8.33. The molecule has 1 aromatic heterocycles. The van der Waals surface area contributed by atoms with Crippen LogP contribution in [0.3, 0.4) is 0 Å². The van der Waals surface area contributed by atoms with E-state index in [0.717, 1.165) is 22.8 Å². The quantitative estimate of drug-likeness (QED) is 0.820. The van der Waals surface area contributed by atoms with Gasteiger partial charge in [-0.25, -0.2) is 0 Å². The number of H-pyrrole nitrogens is 1. The largest absolute Gasteiger partial charge is 0.454 e. The van der Waals surface area contributed by atoms with Crippen molar-refractivity contribution in [1.82, 2.24) is 4.98 Å². The van der Waals surface area contributed by atoms with Crippen LogP contribution < -0.4 is 9.47 Å². The molecular weight excluding hydrogens is 218 g/mol. The zero-order chi connectivity index (χ0) is 12.3. The molecule has 4 heteroatoms. The van der Waals surface area contributed by atoms with Crippen molar-refractivity contribution < 1.29 is 14.3 Å². The molecule has 17 heavy (non-hydrogen) atoms. The lowest BCUT2D eigenvalue weighted by atomic mass is 10.1. The maximum atomic E-state index is 8.00. The second-order valence-electron chi connectivity index (χ2n) is 3.66. The lowest BCUT2D eigenvalue weighted by molar-refractivity contribution is -0.0979. The molecule has 4 nitrogen and oxygen atoms in total. The molecule has 88 valence electrons. The Morgan fingerprint density at radius 3 is 2.65 bits per heavy atom. The Morgan fingerprint density at radius 2 is 1.94 bits per heavy atom. The van der Waals surface area contributed by atoms with E-state index in [1.54, 1.807) is 0 Å². The maximum absolute atomic E-state index is 8.00. The van der Waals surface area contributed by atoms with Gasteiger partial charge in [-0.15, -0.1) is 0 Å². The van der Waals surface area contributed by atoms with Gasteiger partial charge < -0.3 is 19.3 Å². The van der Waals surface area contributed by atoms with Crippen LogP contribution in [0.5, 0.6) is 11.5 Å². The van der Waals surface area contributed by atoms with E-state index in [9.17, 15) is 0 Å². The zero-order valence-corrected chi connectivity index (χ0v) is 9.53. The van der Waals surface area contributed by atoms with Gasteiger partial charge in [0, 0.05) is 17.5 Å². The van der Waals surface area contributed by atoms with E-state index in [1.807, 2.05) is 31.2 Å². The average molecular weight is 231 g/mol. The normalized spacial score (nSPS) is 11.8. The zero-order valence-electron chi connectivity index (χ0n) is 9.53. The fourth-order valence-corrected chi connectivity index (χ4v) is 1.73. The molecule has 0 atom stereocenters. The molecular formula is C13H13NO3. The van der Waals surface area contributed by atoms with E-state index < -0.39 is 0 Å². The van der Waals surface area contributed by atoms with Crippen molar-refractivity contribution in [3.8, 4) is 22.8 Å². The van der Waals surface area contributed by atoms with Gasteiger partial charge in [0.15, 0.2) is 11.5 Å². The average Bonchev–Trinajstić information content (AvgIpc) is 2.99. The Kier molecular flexibility index (Phi) is 3.14. The van der Waals surface area contributed by atoms with Gasteiger partial charge in [-0.05, 0) is 36.8 Å². The number of aromatic amines is 1. The maximum Gasteiger partial charge on any atom is 0.231 e. The molecule has 0 bridgehead atoms. The SMILES string of the molecule is C=O.Cc1c[nH]c(-c2ccc3c(c2)OCO3)c1. The Bertz CT molecular complexity index is 519. The Labute approximate surface area is 99.2 Å². The summed E-state index contributed by atoms with van der Waals surface area (Å²) < 4.78 is 10.6. The van der Waals surface area contributed by atoms with Crippen molar-refractivity contribution >= 4 is 6.79 Å². The van der Waals surface area contributed by atoms with Crippen LogP contribution in [0.2, 0.25) is 0 Å². The molecule has 0 saturated carbocycles. The smallest absolute Gasteiger partial charge is 0.231 e. The van der Waals surface area contributed by atoms with Gasteiger partial charge in [-0.3, -0.25) is 0 Å². The van der Waals surface area contributed by atoms with E-state index in [2.05, 4.69) is 18.0 Å². The number of rotatable bonds is 1. The van der Waals surface area contributed by atoms with Gasteiger partial charge in [-0.1, -0.05) is 0 Å². The van der Waals surface area contributed by atoms with Crippen LogP contribution in [0, 0.1) is 6.92 Å². The third-order valence-electron chi connectivity index (χ3n) is 2.51. The van der Waals surface area contributed by atoms with E-state index in [1.165, 1.54) is 5.56 Å². The molecule has 1 aromatic carbocycles. The van der Waals surface area contributed by atoms with E-state index in [0.29, 0.717) is 6.79 Å².